The zero-order valence-corrected chi connectivity index (χ0v) is 10.7. The van der Waals surface area contributed by atoms with Gasteiger partial charge in [-0.3, -0.25) is 4.79 Å². The number of rotatable bonds is 7. The Balaban J connectivity index is 4.90. The van der Waals surface area contributed by atoms with Crippen LogP contribution in [0, 0.1) is 5.41 Å². The van der Waals surface area contributed by atoms with Crippen LogP contribution in [0.4, 0.5) is 0 Å². The smallest absolute Gasteiger partial charge is 0.316 e. The van der Waals surface area contributed by atoms with Gasteiger partial charge in [-0.1, -0.05) is 20.1 Å². The molecule has 0 heterocycles. The molecule has 0 aromatic heterocycles. The Kier molecular flexibility index (Phi) is 6.10. The van der Waals surface area contributed by atoms with Crippen molar-refractivity contribution in [2.75, 3.05) is 0 Å². The minimum absolute atomic E-state index is 0.230. The predicted molar refractivity (Wildman–Crippen MR) is 65.9 cm³/mol. The Morgan fingerprint density at radius 1 is 1.35 bits per heavy atom. The summed E-state index contributed by atoms with van der Waals surface area (Å²) in [7, 11) is 0. The molecule has 96 valence electrons. The number of aliphatic hydroxyl groups is 1. The molecule has 0 aliphatic heterocycles. The number of ether oxygens (including phenoxy) is 2. The summed E-state index contributed by atoms with van der Waals surface area (Å²) in [5.41, 5.74) is -0.146. The van der Waals surface area contributed by atoms with E-state index < -0.39 is 5.41 Å². The Bertz CT molecular complexity index is 330. The van der Waals surface area contributed by atoms with Gasteiger partial charge in [0.25, 0.3) is 5.95 Å². The molecule has 0 amide bonds. The second kappa shape index (κ2) is 6.78. The van der Waals surface area contributed by atoms with E-state index in [1.54, 1.807) is 13.8 Å². The topological polar surface area (TPSA) is 55.8 Å². The van der Waals surface area contributed by atoms with Crippen LogP contribution in [0.1, 0.15) is 33.6 Å². The van der Waals surface area contributed by atoms with E-state index in [0.717, 1.165) is 12.5 Å². The lowest BCUT2D eigenvalue weighted by atomic mass is 9.81. The molecule has 0 radical (unpaired) electrons. The van der Waals surface area contributed by atoms with Gasteiger partial charge in [-0.05, 0) is 26.7 Å². The van der Waals surface area contributed by atoms with Crippen LogP contribution in [0.5, 0.6) is 0 Å². The zero-order valence-electron chi connectivity index (χ0n) is 10.7. The highest BCUT2D eigenvalue weighted by molar-refractivity contribution is 5.77. The lowest BCUT2D eigenvalue weighted by molar-refractivity contribution is -0.149. The minimum Gasteiger partial charge on any atom is -0.481 e. The summed E-state index contributed by atoms with van der Waals surface area (Å²) in [6, 6.07) is 0. The summed E-state index contributed by atoms with van der Waals surface area (Å²) in [6.07, 6.45) is 3.16. The van der Waals surface area contributed by atoms with Crippen molar-refractivity contribution in [2.45, 2.75) is 33.6 Å². The summed E-state index contributed by atoms with van der Waals surface area (Å²) >= 11 is 0. The maximum atomic E-state index is 11.8. The van der Waals surface area contributed by atoms with Gasteiger partial charge in [0.1, 0.15) is 0 Å². The molecule has 0 fully saturated rings. The van der Waals surface area contributed by atoms with E-state index >= 15 is 0 Å². The fraction of sp³-hybridized carbons (Fsp3) is 0.462. The second-order valence-electron chi connectivity index (χ2n) is 4.03. The predicted octanol–water partition coefficient (Wildman–Crippen LogP) is 3.43. The van der Waals surface area contributed by atoms with Gasteiger partial charge in [-0.2, -0.15) is 0 Å². The lowest BCUT2D eigenvalue weighted by Gasteiger charge is -2.25. The van der Waals surface area contributed by atoms with E-state index in [1.165, 1.54) is 0 Å². The van der Waals surface area contributed by atoms with Crippen LogP contribution >= 0.6 is 0 Å². The summed E-state index contributed by atoms with van der Waals surface area (Å²) < 4.78 is 9.56. The normalized spacial score (nSPS) is 15.2. The number of aliphatic hydroxyl groups excluding tert-OH is 1. The molecular weight excluding hydrogens is 220 g/mol. The fourth-order valence-electron chi connectivity index (χ4n) is 1.40. The first-order valence-corrected chi connectivity index (χ1v) is 5.39. The van der Waals surface area contributed by atoms with Gasteiger partial charge in [-0.15, -0.1) is 0 Å². The van der Waals surface area contributed by atoms with Gasteiger partial charge in [-0.25, -0.2) is 0 Å². The van der Waals surface area contributed by atoms with Crippen molar-refractivity contribution in [3.63, 3.8) is 0 Å². The first kappa shape index (κ1) is 15.3. The third-order valence-corrected chi connectivity index (χ3v) is 2.68. The molecule has 1 atom stereocenters. The molecule has 4 nitrogen and oxygen atoms in total. The van der Waals surface area contributed by atoms with Gasteiger partial charge in [0.2, 0.25) is 0 Å². The van der Waals surface area contributed by atoms with Crippen LogP contribution in [0.15, 0.2) is 37.2 Å². The second-order valence-corrected chi connectivity index (χ2v) is 4.03. The first-order chi connectivity index (χ1) is 7.91. The van der Waals surface area contributed by atoms with Crippen LogP contribution in [0.25, 0.3) is 0 Å². The average molecular weight is 240 g/mol. The summed E-state index contributed by atoms with van der Waals surface area (Å²) in [5, 5.41) is 9.50. The highest BCUT2D eigenvalue weighted by atomic mass is 16.6. The number of carbonyl (C=O) groups is 1. The third-order valence-electron chi connectivity index (χ3n) is 2.68. The van der Waals surface area contributed by atoms with Crippen LogP contribution in [-0.2, 0) is 14.3 Å². The van der Waals surface area contributed by atoms with E-state index in [4.69, 9.17) is 9.47 Å². The van der Waals surface area contributed by atoms with Gasteiger partial charge in [0.15, 0.2) is 0 Å². The molecule has 0 rings (SSSR count). The number of esters is 1. The van der Waals surface area contributed by atoms with E-state index in [-0.39, 0.29) is 11.9 Å². The van der Waals surface area contributed by atoms with Gasteiger partial charge >= 0.3 is 5.97 Å². The number of hydrogen-bond donors (Lipinski definition) is 1. The van der Waals surface area contributed by atoms with Crippen molar-refractivity contribution in [2.24, 2.45) is 5.41 Å². The highest BCUT2D eigenvalue weighted by Gasteiger charge is 2.33. The molecule has 0 bridgehead atoms. The van der Waals surface area contributed by atoms with Gasteiger partial charge < -0.3 is 14.6 Å². The molecule has 0 saturated heterocycles. The van der Waals surface area contributed by atoms with Gasteiger partial charge in [0.05, 0.1) is 17.9 Å². The lowest BCUT2D eigenvalue weighted by Crippen LogP contribution is -2.28. The monoisotopic (exact) mass is 240 g/mol. The quantitative estimate of drug-likeness (QED) is 0.547. The molecule has 0 aromatic carbocycles. The van der Waals surface area contributed by atoms with E-state index in [0.29, 0.717) is 18.4 Å². The number of allylic oxidation sites excluding steroid dienone is 1. The molecule has 0 aliphatic carbocycles. The number of hydrogen-bond acceptors (Lipinski definition) is 4. The van der Waals surface area contributed by atoms with Crippen LogP contribution in [0.2, 0.25) is 0 Å². The molecule has 0 aromatic rings. The van der Waals surface area contributed by atoms with Crippen molar-refractivity contribution in [1.29, 1.82) is 0 Å². The molecule has 0 unspecified atom stereocenters. The highest BCUT2D eigenvalue weighted by Crippen LogP contribution is 2.32. The molecule has 0 spiro atoms. The van der Waals surface area contributed by atoms with Crippen molar-refractivity contribution < 1.29 is 19.4 Å². The Labute approximate surface area is 102 Å². The Morgan fingerprint density at radius 3 is 2.29 bits per heavy atom. The van der Waals surface area contributed by atoms with E-state index in [1.807, 2.05) is 6.92 Å². The first-order valence-electron chi connectivity index (χ1n) is 5.39. The largest absolute Gasteiger partial charge is 0.481 e. The average Bonchev–Trinajstić information content (AvgIpc) is 2.29. The Hall–Kier alpha value is -1.71. The Morgan fingerprint density at radius 2 is 1.88 bits per heavy atom. The minimum atomic E-state index is -0.712. The molecule has 17 heavy (non-hydrogen) atoms. The summed E-state index contributed by atoms with van der Waals surface area (Å²) in [4.78, 5) is 11.8. The van der Waals surface area contributed by atoms with E-state index in [2.05, 4.69) is 13.2 Å². The van der Waals surface area contributed by atoms with Gasteiger partial charge in [0, 0.05) is 5.57 Å². The maximum absolute atomic E-state index is 11.8. The summed E-state index contributed by atoms with van der Waals surface area (Å²) in [5.74, 6) is -0.605. The summed E-state index contributed by atoms with van der Waals surface area (Å²) in [6.45, 7) is 12.0. The van der Waals surface area contributed by atoms with Crippen LogP contribution in [-0.4, -0.2) is 11.1 Å². The molecule has 0 aliphatic rings. The molecule has 4 heteroatoms. The zero-order chi connectivity index (χ0) is 13.5. The van der Waals surface area contributed by atoms with E-state index in [9.17, 15) is 9.90 Å². The standard InChI is InChI=1S/C13H20O4/c1-6-13(5,12(15)17-8-3)9-10(4)11(14)16-7-2/h7-8,14H,2-3,6,9H2,1,4-5H3/b11-10+/t13-/m1/s1. The van der Waals surface area contributed by atoms with Crippen LogP contribution < -0.4 is 0 Å². The van der Waals surface area contributed by atoms with Crippen molar-refractivity contribution >= 4 is 5.97 Å². The molecule has 1 N–H and O–H groups in total. The van der Waals surface area contributed by atoms with Crippen molar-refractivity contribution in [1.82, 2.24) is 0 Å². The molecule has 0 saturated carbocycles. The van der Waals surface area contributed by atoms with Crippen molar-refractivity contribution in [3.8, 4) is 0 Å². The SMILES string of the molecule is C=COC(=O)[C@](C)(CC)C/C(C)=C(\O)OC=C. The van der Waals surface area contributed by atoms with Crippen molar-refractivity contribution in [3.05, 3.63) is 37.2 Å². The molecular formula is C13H20O4. The number of carbonyl (C=O) groups excluding carboxylic acids is 1. The maximum Gasteiger partial charge on any atom is 0.316 e. The van der Waals surface area contributed by atoms with Crippen LogP contribution in [0.3, 0.4) is 0 Å². The fourth-order valence-corrected chi connectivity index (χ4v) is 1.40. The third kappa shape index (κ3) is 4.34.